The second-order valence-electron chi connectivity index (χ2n) is 6.97. The number of anilines is 1. The first-order valence-electron chi connectivity index (χ1n) is 10.8. The highest BCUT2D eigenvalue weighted by molar-refractivity contribution is 7.89. The van der Waals surface area contributed by atoms with Gasteiger partial charge in [-0.25, -0.2) is 8.42 Å². The summed E-state index contributed by atoms with van der Waals surface area (Å²) >= 11 is 6.37. The lowest BCUT2D eigenvalue weighted by Crippen LogP contribution is -2.30. The van der Waals surface area contributed by atoms with Crippen molar-refractivity contribution in [3.05, 3.63) is 40.9 Å². The van der Waals surface area contributed by atoms with E-state index < -0.39 is 15.9 Å². The number of halogens is 1. The third kappa shape index (κ3) is 6.31. The van der Waals surface area contributed by atoms with Crippen molar-refractivity contribution < 1.29 is 27.4 Å². The minimum absolute atomic E-state index is 0.0543. The number of ether oxygens (including phenoxy) is 3. The van der Waals surface area contributed by atoms with E-state index >= 15 is 0 Å². The zero-order valence-electron chi connectivity index (χ0n) is 19.6. The Balaban J connectivity index is 2.43. The van der Waals surface area contributed by atoms with E-state index in [0.29, 0.717) is 43.6 Å². The highest BCUT2D eigenvalue weighted by Crippen LogP contribution is 2.37. The number of methoxy groups -OCH3 is 1. The molecule has 0 heterocycles. The monoisotopic (exact) mass is 498 g/mol. The first kappa shape index (κ1) is 26.8. The molecule has 10 heteroatoms. The van der Waals surface area contributed by atoms with Crippen LogP contribution in [-0.4, -0.2) is 52.0 Å². The fourth-order valence-electron chi connectivity index (χ4n) is 3.16. The molecule has 2 aromatic carbocycles. The number of sulfonamides is 1. The SMILES string of the molecule is CCCOc1c(Cl)cc(C(=O)Nc2cc(S(=O)(=O)N(CC)CC)ccc2OC)cc1OCC. The van der Waals surface area contributed by atoms with Gasteiger partial charge < -0.3 is 19.5 Å². The summed E-state index contributed by atoms with van der Waals surface area (Å²) in [5, 5.41) is 2.96. The Morgan fingerprint density at radius 3 is 2.30 bits per heavy atom. The van der Waals surface area contributed by atoms with E-state index in [1.807, 2.05) is 13.8 Å². The van der Waals surface area contributed by atoms with Crippen molar-refractivity contribution in [1.29, 1.82) is 0 Å². The molecular weight excluding hydrogens is 468 g/mol. The first-order chi connectivity index (χ1) is 15.7. The van der Waals surface area contributed by atoms with Gasteiger partial charge >= 0.3 is 0 Å². The van der Waals surface area contributed by atoms with Gasteiger partial charge in [-0.1, -0.05) is 32.4 Å². The van der Waals surface area contributed by atoms with E-state index in [0.717, 1.165) is 6.42 Å². The number of benzene rings is 2. The van der Waals surface area contributed by atoms with E-state index in [4.69, 9.17) is 25.8 Å². The van der Waals surface area contributed by atoms with Crippen molar-refractivity contribution in [1.82, 2.24) is 4.31 Å². The molecule has 2 aromatic rings. The van der Waals surface area contributed by atoms with Crippen molar-refractivity contribution >= 4 is 33.2 Å². The summed E-state index contributed by atoms with van der Waals surface area (Å²) in [5.74, 6) is 0.548. The summed E-state index contributed by atoms with van der Waals surface area (Å²) in [6.07, 6.45) is 0.788. The minimum atomic E-state index is -3.72. The van der Waals surface area contributed by atoms with Crippen molar-refractivity contribution in [3.8, 4) is 17.2 Å². The van der Waals surface area contributed by atoms with Crippen molar-refractivity contribution in [2.24, 2.45) is 0 Å². The van der Waals surface area contributed by atoms with E-state index in [2.05, 4.69) is 5.32 Å². The molecule has 182 valence electrons. The van der Waals surface area contributed by atoms with Crippen molar-refractivity contribution in [2.75, 3.05) is 38.7 Å². The average Bonchev–Trinajstić information content (AvgIpc) is 2.79. The molecule has 0 saturated heterocycles. The summed E-state index contributed by atoms with van der Waals surface area (Å²) in [7, 11) is -2.28. The molecular formula is C23H31ClN2O6S. The maximum absolute atomic E-state index is 13.0. The second kappa shape index (κ2) is 12.1. The molecule has 1 amide bonds. The van der Waals surface area contributed by atoms with Gasteiger partial charge in [0.15, 0.2) is 11.5 Å². The molecule has 0 spiro atoms. The van der Waals surface area contributed by atoms with Gasteiger partial charge in [0.1, 0.15) is 5.75 Å². The van der Waals surface area contributed by atoms with Crippen LogP contribution in [0.1, 0.15) is 44.5 Å². The molecule has 33 heavy (non-hydrogen) atoms. The molecule has 0 atom stereocenters. The molecule has 0 aliphatic rings. The molecule has 0 aromatic heterocycles. The lowest BCUT2D eigenvalue weighted by molar-refractivity contribution is 0.102. The van der Waals surface area contributed by atoms with Crippen molar-refractivity contribution in [2.45, 2.75) is 39.0 Å². The van der Waals surface area contributed by atoms with Crippen LogP contribution in [0.25, 0.3) is 0 Å². The Morgan fingerprint density at radius 1 is 1.03 bits per heavy atom. The summed E-state index contributed by atoms with van der Waals surface area (Å²) in [4.78, 5) is 13.1. The second-order valence-corrected chi connectivity index (χ2v) is 9.32. The third-order valence-electron chi connectivity index (χ3n) is 4.78. The largest absolute Gasteiger partial charge is 0.495 e. The fourth-order valence-corrected chi connectivity index (χ4v) is 4.91. The van der Waals surface area contributed by atoms with Gasteiger partial charge in [-0.15, -0.1) is 0 Å². The summed E-state index contributed by atoms with van der Waals surface area (Å²) in [5.41, 5.74) is 0.447. The van der Waals surface area contributed by atoms with E-state index in [1.165, 1.54) is 35.7 Å². The number of hydrogen-bond donors (Lipinski definition) is 1. The maximum atomic E-state index is 13.0. The zero-order valence-corrected chi connectivity index (χ0v) is 21.2. The minimum Gasteiger partial charge on any atom is -0.495 e. The topological polar surface area (TPSA) is 94.2 Å². The Bertz CT molecular complexity index is 1070. The van der Waals surface area contributed by atoms with Crippen LogP contribution in [0.3, 0.4) is 0 Å². The normalized spacial score (nSPS) is 11.4. The van der Waals surface area contributed by atoms with Crippen LogP contribution in [0.2, 0.25) is 5.02 Å². The highest BCUT2D eigenvalue weighted by atomic mass is 35.5. The van der Waals surface area contributed by atoms with Gasteiger partial charge in [0.25, 0.3) is 5.91 Å². The standard InChI is InChI=1S/C23H31ClN2O6S/c1-6-12-32-22-18(24)13-16(14-21(22)31-9-4)23(27)25-19-15-17(10-11-20(19)30-5)33(28,29)26(7-2)8-3/h10-11,13-15H,6-9,12H2,1-5H3,(H,25,27). The Labute approximate surface area is 200 Å². The average molecular weight is 499 g/mol. The van der Waals surface area contributed by atoms with Gasteiger partial charge in [0.05, 0.1) is 35.9 Å². The molecule has 0 fully saturated rings. The maximum Gasteiger partial charge on any atom is 0.255 e. The van der Waals surface area contributed by atoms with Crippen LogP contribution in [0.5, 0.6) is 17.2 Å². The summed E-state index contributed by atoms with van der Waals surface area (Å²) < 4.78 is 43.8. The molecule has 0 saturated carbocycles. The lowest BCUT2D eigenvalue weighted by Gasteiger charge is -2.20. The number of nitrogens with one attached hydrogen (secondary N) is 1. The predicted octanol–water partition coefficient (Wildman–Crippen LogP) is 4.82. The molecule has 2 rings (SSSR count). The van der Waals surface area contributed by atoms with Crippen molar-refractivity contribution in [3.63, 3.8) is 0 Å². The Morgan fingerprint density at radius 2 is 1.73 bits per heavy atom. The number of hydrogen-bond acceptors (Lipinski definition) is 6. The van der Waals surface area contributed by atoms with Crippen LogP contribution in [0.15, 0.2) is 35.2 Å². The molecule has 0 aliphatic carbocycles. The molecule has 1 N–H and O–H groups in total. The Hall–Kier alpha value is -2.49. The van der Waals surface area contributed by atoms with Crippen LogP contribution in [0, 0.1) is 0 Å². The van der Waals surface area contributed by atoms with E-state index in [1.54, 1.807) is 19.9 Å². The van der Waals surface area contributed by atoms with Gasteiger partial charge in [-0.2, -0.15) is 4.31 Å². The Kier molecular flexibility index (Phi) is 9.82. The van der Waals surface area contributed by atoms with Crippen LogP contribution < -0.4 is 19.5 Å². The molecule has 0 bridgehead atoms. The van der Waals surface area contributed by atoms with Gasteiger partial charge in [0, 0.05) is 18.7 Å². The molecule has 0 unspecified atom stereocenters. The smallest absolute Gasteiger partial charge is 0.255 e. The van der Waals surface area contributed by atoms with Gasteiger partial charge in [-0.3, -0.25) is 4.79 Å². The predicted molar refractivity (Wildman–Crippen MR) is 129 cm³/mol. The summed E-state index contributed by atoms with van der Waals surface area (Å²) in [6.45, 7) is 8.80. The van der Waals surface area contributed by atoms with Crippen LogP contribution in [-0.2, 0) is 10.0 Å². The first-order valence-corrected chi connectivity index (χ1v) is 12.6. The van der Waals surface area contributed by atoms with Crippen LogP contribution >= 0.6 is 11.6 Å². The third-order valence-corrected chi connectivity index (χ3v) is 7.11. The number of carbonyl (C=O) groups is 1. The van der Waals surface area contributed by atoms with Crippen LogP contribution in [0.4, 0.5) is 5.69 Å². The number of nitrogens with zero attached hydrogens (tertiary/aromatic N) is 1. The molecule has 0 aliphatic heterocycles. The number of carbonyl (C=O) groups excluding carboxylic acids is 1. The number of rotatable bonds is 12. The van der Waals surface area contributed by atoms with Gasteiger partial charge in [0.2, 0.25) is 10.0 Å². The number of amides is 1. The molecule has 0 radical (unpaired) electrons. The quantitative estimate of drug-likeness (QED) is 0.451. The highest BCUT2D eigenvalue weighted by Gasteiger charge is 2.24. The summed E-state index contributed by atoms with van der Waals surface area (Å²) in [6, 6.07) is 7.36. The zero-order chi connectivity index (χ0) is 24.6. The van der Waals surface area contributed by atoms with Gasteiger partial charge in [-0.05, 0) is 43.7 Å². The fraction of sp³-hybridized carbons (Fsp3) is 0.435. The molecule has 8 nitrogen and oxygen atoms in total. The van der Waals surface area contributed by atoms with E-state index in [9.17, 15) is 13.2 Å². The lowest BCUT2D eigenvalue weighted by atomic mass is 10.1. The van der Waals surface area contributed by atoms with E-state index in [-0.39, 0.29) is 21.2 Å².